The standard InChI is InChI=1S/C19H32O4S/c1-2-3-4-5-6-7-8-9-10-11-12-13-17-16-18(24(21,22)23)14-15-19(17)20/h14-16,20H,2-13H2,1H3,(H,21,22,23). The fourth-order valence-electron chi connectivity index (χ4n) is 2.90. The molecule has 0 saturated heterocycles. The predicted molar refractivity (Wildman–Crippen MR) is 98.1 cm³/mol. The Morgan fingerprint density at radius 3 is 1.83 bits per heavy atom. The van der Waals surface area contributed by atoms with Crippen molar-refractivity contribution in [2.24, 2.45) is 0 Å². The molecule has 0 amide bonds. The lowest BCUT2D eigenvalue weighted by atomic mass is 10.0. The number of aryl methyl sites for hydroxylation is 1. The van der Waals surface area contributed by atoms with E-state index in [1.165, 1.54) is 76.0 Å². The highest BCUT2D eigenvalue weighted by Crippen LogP contribution is 2.23. The highest BCUT2D eigenvalue weighted by molar-refractivity contribution is 7.85. The fraction of sp³-hybridized carbons (Fsp3) is 0.684. The van der Waals surface area contributed by atoms with Gasteiger partial charge in [0.05, 0.1) is 4.90 Å². The molecule has 4 nitrogen and oxygen atoms in total. The number of aromatic hydroxyl groups is 1. The highest BCUT2D eigenvalue weighted by atomic mass is 32.2. The van der Waals surface area contributed by atoms with Crippen LogP contribution in [0.25, 0.3) is 0 Å². The molecule has 0 unspecified atom stereocenters. The Balaban J connectivity index is 2.15. The molecule has 2 N–H and O–H groups in total. The first-order chi connectivity index (χ1) is 11.4. The third-order valence-electron chi connectivity index (χ3n) is 4.40. The SMILES string of the molecule is CCCCCCCCCCCCCc1cc(S(=O)(=O)O)ccc1O. The molecule has 0 aliphatic heterocycles. The van der Waals surface area contributed by atoms with Crippen LogP contribution < -0.4 is 0 Å². The van der Waals surface area contributed by atoms with Crippen LogP contribution in [-0.2, 0) is 16.5 Å². The number of phenolic OH excluding ortho intramolecular Hbond substituents is 1. The minimum Gasteiger partial charge on any atom is -0.508 e. The van der Waals surface area contributed by atoms with Gasteiger partial charge in [0.15, 0.2) is 0 Å². The zero-order valence-corrected chi connectivity index (χ0v) is 15.7. The Kier molecular flexibility index (Phi) is 10.0. The van der Waals surface area contributed by atoms with Crippen LogP contribution in [0, 0.1) is 0 Å². The lowest BCUT2D eigenvalue weighted by Gasteiger charge is -2.07. The van der Waals surface area contributed by atoms with Crippen molar-refractivity contribution in [1.82, 2.24) is 0 Å². The number of phenols is 1. The zero-order valence-electron chi connectivity index (χ0n) is 14.8. The van der Waals surface area contributed by atoms with Crippen LogP contribution >= 0.6 is 0 Å². The normalized spacial score (nSPS) is 11.8. The minimum absolute atomic E-state index is 0.0921. The molecule has 0 bridgehead atoms. The van der Waals surface area contributed by atoms with Gasteiger partial charge in [-0.05, 0) is 36.6 Å². The first kappa shape index (κ1) is 21.0. The fourth-order valence-corrected chi connectivity index (χ4v) is 3.43. The van der Waals surface area contributed by atoms with E-state index in [0.717, 1.165) is 12.8 Å². The van der Waals surface area contributed by atoms with Crippen molar-refractivity contribution in [2.75, 3.05) is 0 Å². The predicted octanol–water partition coefficient (Wildman–Crippen LogP) is 5.49. The molecular weight excluding hydrogens is 324 g/mol. The van der Waals surface area contributed by atoms with Crippen molar-refractivity contribution >= 4 is 10.1 Å². The molecule has 0 spiro atoms. The molecule has 0 radical (unpaired) electrons. The Morgan fingerprint density at radius 2 is 1.33 bits per heavy atom. The smallest absolute Gasteiger partial charge is 0.294 e. The molecule has 0 atom stereocenters. The van der Waals surface area contributed by atoms with E-state index < -0.39 is 10.1 Å². The van der Waals surface area contributed by atoms with Crippen molar-refractivity contribution < 1.29 is 18.1 Å². The van der Waals surface area contributed by atoms with E-state index >= 15 is 0 Å². The first-order valence-corrected chi connectivity index (χ1v) is 10.7. The van der Waals surface area contributed by atoms with Crippen LogP contribution in [0.4, 0.5) is 0 Å². The molecule has 5 heteroatoms. The minimum atomic E-state index is -4.21. The molecule has 1 aromatic carbocycles. The summed E-state index contributed by atoms with van der Waals surface area (Å²) < 4.78 is 31.3. The first-order valence-electron chi connectivity index (χ1n) is 9.24. The van der Waals surface area contributed by atoms with Crippen LogP contribution in [0.2, 0.25) is 0 Å². The summed E-state index contributed by atoms with van der Waals surface area (Å²) in [4.78, 5) is -0.154. The highest BCUT2D eigenvalue weighted by Gasteiger charge is 2.12. The molecular formula is C19H32O4S. The van der Waals surface area contributed by atoms with Crippen molar-refractivity contribution in [3.63, 3.8) is 0 Å². The van der Waals surface area contributed by atoms with Crippen molar-refractivity contribution in [1.29, 1.82) is 0 Å². The molecule has 24 heavy (non-hydrogen) atoms. The summed E-state index contributed by atoms with van der Waals surface area (Å²) in [5.74, 6) is 0.0921. The van der Waals surface area contributed by atoms with Gasteiger partial charge in [0, 0.05) is 0 Å². The molecule has 0 fully saturated rings. The van der Waals surface area contributed by atoms with Gasteiger partial charge in [-0.15, -0.1) is 0 Å². The number of hydrogen-bond acceptors (Lipinski definition) is 3. The average Bonchev–Trinajstić information content (AvgIpc) is 2.53. The molecule has 1 rings (SSSR count). The summed E-state index contributed by atoms with van der Waals surface area (Å²) in [6, 6.07) is 3.91. The number of hydrogen-bond donors (Lipinski definition) is 2. The third-order valence-corrected chi connectivity index (χ3v) is 5.25. The van der Waals surface area contributed by atoms with Crippen molar-refractivity contribution in [2.45, 2.75) is 88.9 Å². The van der Waals surface area contributed by atoms with E-state index in [0.29, 0.717) is 12.0 Å². The second-order valence-electron chi connectivity index (χ2n) is 6.55. The lowest BCUT2D eigenvalue weighted by molar-refractivity contribution is 0.463. The van der Waals surface area contributed by atoms with Crippen LogP contribution in [0.15, 0.2) is 23.1 Å². The van der Waals surface area contributed by atoms with E-state index in [1.807, 2.05) is 0 Å². The molecule has 0 aliphatic carbocycles. The summed E-state index contributed by atoms with van der Waals surface area (Å²) in [5, 5.41) is 9.79. The van der Waals surface area contributed by atoms with Crippen LogP contribution in [0.5, 0.6) is 5.75 Å². The number of benzene rings is 1. The maximum absolute atomic E-state index is 11.1. The Labute approximate surface area is 147 Å². The van der Waals surface area contributed by atoms with Gasteiger partial charge < -0.3 is 5.11 Å². The monoisotopic (exact) mass is 356 g/mol. The van der Waals surface area contributed by atoms with Crippen molar-refractivity contribution in [3.8, 4) is 5.75 Å². The molecule has 0 aromatic heterocycles. The summed E-state index contributed by atoms with van der Waals surface area (Å²) >= 11 is 0. The molecule has 138 valence electrons. The largest absolute Gasteiger partial charge is 0.508 e. The second kappa shape index (κ2) is 11.5. The number of unbranched alkanes of at least 4 members (excludes halogenated alkanes) is 10. The van der Waals surface area contributed by atoms with Crippen molar-refractivity contribution in [3.05, 3.63) is 23.8 Å². The van der Waals surface area contributed by atoms with E-state index in [-0.39, 0.29) is 10.6 Å². The topological polar surface area (TPSA) is 74.6 Å². The van der Waals surface area contributed by atoms with Gasteiger partial charge in [0.2, 0.25) is 0 Å². The molecule has 0 saturated carbocycles. The van der Waals surface area contributed by atoms with Gasteiger partial charge in [0.25, 0.3) is 10.1 Å². The molecule has 0 aliphatic rings. The summed E-state index contributed by atoms with van der Waals surface area (Å²) in [6.45, 7) is 2.23. The summed E-state index contributed by atoms with van der Waals surface area (Å²) in [6.07, 6.45) is 14.4. The van der Waals surface area contributed by atoms with E-state index in [1.54, 1.807) is 0 Å². The zero-order chi connectivity index (χ0) is 17.8. The third kappa shape index (κ3) is 8.69. The van der Waals surface area contributed by atoms with E-state index in [4.69, 9.17) is 4.55 Å². The average molecular weight is 357 g/mol. The summed E-state index contributed by atoms with van der Waals surface area (Å²) in [5.41, 5.74) is 0.584. The Morgan fingerprint density at radius 1 is 0.833 bits per heavy atom. The van der Waals surface area contributed by atoms with Gasteiger partial charge in [-0.2, -0.15) is 8.42 Å². The van der Waals surface area contributed by atoms with Gasteiger partial charge in [-0.3, -0.25) is 4.55 Å². The van der Waals surface area contributed by atoms with E-state index in [9.17, 15) is 13.5 Å². The second-order valence-corrected chi connectivity index (χ2v) is 7.97. The number of rotatable bonds is 13. The van der Waals surface area contributed by atoms with Crippen LogP contribution in [-0.4, -0.2) is 18.1 Å². The van der Waals surface area contributed by atoms with E-state index in [2.05, 4.69) is 6.92 Å². The van der Waals surface area contributed by atoms with Crippen LogP contribution in [0.3, 0.4) is 0 Å². The molecule has 0 heterocycles. The van der Waals surface area contributed by atoms with Gasteiger partial charge in [-0.1, -0.05) is 71.1 Å². The van der Waals surface area contributed by atoms with Gasteiger partial charge in [0.1, 0.15) is 5.75 Å². The van der Waals surface area contributed by atoms with Gasteiger partial charge >= 0.3 is 0 Å². The maximum Gasteiger partial charge on any atom is 0.294 e. The maximum atomic E-state index is 11.1. The quantitative estimate of drug-likeness (QED) is 0.362. The van der Waals surface area contributed by atoms with Crippen LogP contribution in [0.1, 0.15) is 83.1 Å². The Hall–Kier alpha value is -1.07. The summed E-state index contributed by atoms with van der Waals surface area (Å²) in [7, 11) is -4.21. The Bertz CT molecular complexity index is 567. The van der Waals surface area contributed by atoms with Gasteiger partial charge in [-0.25, -0.2) is 0 Å². The molecule has 1 aromatic rings. The lowest BCUT2D eigenvalue weighted by Crippen LogP contribution is -1.99.